The molecule has 1 aromatic rings. The van der Waals surface area contributed by atoms with Crippen LogP contribution in [0.3, 0.4) is 0 Å². The summed E-state index contributed by atoms with van der Waals surface area (Å²) in [6, 6.07) is 3.98. The number of methoxy groups -OCH3 is 2. The molecule has 0 aromatic heterocycles. The minimum absolute atomic E-state index is 0.0210. The second-order valence-corrected chi connectivity index (χ2v) is 5.46. The monoisotopic (exact) mass is 301 g/mol. The van der Waals surface area contributed by atoms with E-state index in [1.165, 1.54) is 5.56 Å². The average molecular weight is 302 g/mol. The van der Waals surface area contributed by atoms with Crippen LogP contribution in [0.5, 0.6) is 11.5 Å². The molecule has 0 aliphatic heterocycles. The Labute approximate surface area is 112 Å². The summed E-state index contributed by atoms with van der Waals surface area (Å²) in [6.07, 6.45) is 0. The maximum atomic E-state index is 5.34. The fraction of sp³-hybridized carbons (Fsp3) is 0.538. The zero-order valence-electron chi connectivity index (χ0n) is 11.1. The molecule has 1 aromatic carbocycles. The van der Waals surface area contributed by atoms with Crippen molar-refractivity contribution >= 4 is 15.9 Å². The molecule has 0 spiro atoms. The van der Waals surface area contributed by atoms with Gasteiger partial charge >= 0.3 is 0 Å². The first-order valence-electron chi connectivity index (χ1n) is 5.53. The van der Waals surface area contributed by atoms with Crippen molar-refractivity contribution in [2.24, 2.45) is 0 Å². The Balaban J connectivity index is 3.25. The van der Waals surface area contributed by atoms with Gasteiger partial charge in [0.05, 0.1) is 14.2 Å². The zero-order valence-corrected chi connectivity index (χ0v) is 12.6. The van der Waals surface area contributed by atoms with E-state index in [-0.39, 0.29) is 5.41 Å². The maximum Gasteiger partial charge on any atom is 0.161 e. The fourth-order valence-electron chi connectivity index (χ4n) is 1.91. The fourth-order valence-corrected chi connectivity index (χ4v) is 2.77. The number of hydrogen-bond donors (Lipinski definition) is 1. The van der Waals surface area contributed by atoms with Crippen LogP contribution in [0.4, 0.5) is 0 Å². The predicted molar refractivity (Wildman–Crippen MR) is 74.2 cm³/mol. The van der Waals surface area contributed by atoms with E-state index in [2.05, 4.69) is 35.1 Å². The van der Waals surface area contributed by atoms with Gasteiger partial charge in [-0.15, -0.1) is 0 Å². The Hall–Kier alpha value is -0.740. The van der Waals surface area contributed by atoms with Gasteiger partial charge in [0.15, 0.2) is 11.5 Å². The van der Waals surface area contributed by atoms with E-state index < -0.39 is 0 Å². The lowest BCUT2D eigenvalue weighted by atomic mass is 9.84. The third-order valence-electron chi connectivity index (χ3n) is 2.82. The molecule has 3 nitrogen and oxygen atoms in total. The summed E-state index contributed by atoms with van der Waals surface area (Å²) >= 11 is 3.59. The minimum atomic E-state index is 0.0210. The lowest BCUT2D eigenvalue weighted by Gasteiger charge is -2.27. The van der Waals surface area contributed by atoms with Gasteiger partial charge in [0.25, 0.3) is 0 Å². The van der Waals surface area contributed by atoms with Gasteiger partial charge in [-0.05, 0) is 24.7 Å². The first-order chi connectivity index (χ1) is 7.96. The first-order valence-corrected chi connectivity index (χ1v) is 6.32. The molecule has 1 rings (SSSR count). The predicted octanol–water partition coefficient (Wildman–Crippen LogP) is 2.96. The molecular formula is C13H20BrNO2. The summed E-state index contributed by atoms with van der Waals surface area (Å²) in [4.78, 5) is 0. The van der Waals surface area contributed by atoms with E-state index in [0.717, 1.165) is 22.5 Å². The Bertz CT molecular complexity index is 391. The normalized spacial score (nSPS) is 11.4. The van der Waals surface area contributed by atoms with E-state index in [1.807, 2.05) is 19.2 Å². The number of halogens is 1. The highest BCUT2D eigenvalue weighted by Crippen LogP contribution is 2.38. The van der Waals surface area contributed by atoms with Crippen molar-refractivity contribution in [3.05, 3.63) is 22.2 Å². The molecule has 1 N–H and O–H groups in total. The lowest BCUT2D eigenvalue weighted by Crippen LogP contribution is -2.31. The van der Waals surface area contributed by atoms with Crippen LogP contribution >= 0.6 is 15.9 Å². The number of hydrogen-bond acceptors (Lipinski definition) is 3. The Morgan fingerprint density at radius 2 is 1.71 bits per heavy atom. The van der Waals surface area contributed by atoms with Gasteiger partial charge in [0.1, 0.15) is 0 Å². The molecular weight excluding hydrogens is 282 g/mol. The summed E-state index contributed by atoms with van der Waals surface area (Å²) in [5.41, 5.74) is 1.22. The summed E-state index contributed by atoms with van der Waals surface area (Å²) < 4.78 is 11.7. The van der Waals surface area contributed by atoms with Crippen LogP contribution in [0.1, 0.15) is 19.4 Å². The van der Waals surface area contributed by atoms with Crippen molar-refractivity contribution in [2.45, 2.75) is 19.3 Å². The Morgan fingerprint density at radius 3 is 2.18 bits per heavy atom. The molecule has 0 atom stereocenters. The highest BCUT2D eigenvalue weighted by Gasteiger charge is 2.24. The second-order valence-electron chi connectivity index (χ2n) is 4.60. The van der Waals surface area contributed by atoms with Gasteiger partial charge in [-0.1, -0.05) is 29.8 Å². The van der Waals surface area contributed by atoms with Crippen molar-refractivity contribution in [1.82, 2.24) is 5.32 Å². The molecule has 0 radical (unpaired) electrons. The van der Waals surface area contributed by atoms with E-state index in [1.54, 1.807) is 14.2 Å². The van der Waals surface area contributed by atoms with Gasteiger partial charge in [-0.2, -0.15) is 0 Å². The largest absolute Gasteiger partial charge is 0.493 e. The molecule has 0 aliphatic carbocycles. The van der Waals surface area contributed by atoms with E-state index >= 15 is 0 Å². The van der Waals surface area contributed by atoms with E-state index in [9.17, 15) is 0 Å². The number of nitrogens with one attached hydrogen (secondary N) is 1. The third kappa shape index (κ3) is 3.13. The summed E-state index contributed by atoms with van der Waals surface area (Å²) in [5, 5.41) is 3.21. The summed E-state index contributed by atoms with van der Waals surface area (Å²) in [5.74, 6) is 1.50. The van der Waals surface area contributed by atoms with Crippen molar-refractivity contribution in [1.29, 1.82) is 0 Å². The van der Waals surface area contributed by atoms with Gasteiger partial charge in [0.2, 0.25) is 0 Å². The first kappa shape index (κ1) is 14.3. The number of benzene rings is 1. The second kappa shape index (κ2) is 5.74. The number of rotatable bonds is 5. The van der Waals surface area contributed by atoms with Crippen molar-refractivity contribution < 1.29 is 9.47 Å². The van der Waals surface area contributed by atoms with E-state index in [4.69, 9.17) is 9.47 Å². The van der Waals surface area contributed by atoms with Gasteiger partial charge in [0, 0.05) is 16.4 Å². The van der Waals surface area contributed by atoms with Crippen molar-refractivity contribution in [3.63, 3.8) is 0 Å². The molecule has 0 fully saturated rings. The Morgan fingerprint density at radius 1 is 1.18 bits per heavy atom. The van der Waals surface area contributed by atoms with Crippen LogP contribution in [0.15, 0.2) is 16.6 Å². The molecule has 17 heavy (non-hydrogen) atoms. The smallest absolute Gasteiger partial charge is 0.161 e. The molecule has 0 aliphatic rings. The molecule has 4 heteroatoms. The summed E-state index contributed by atoms with van der Waals surface area (Å²) in [6.45, 7) is 5.27. The van der Waals surface area contributed by atoms with Gasteiger partial charge < -0.3 is 14.8 Å². The van der Waals surface area contributed by atoms with E-state index in [0.29, 0.717) is 0 Å². The van der Waals surface area contributed by atoms with Gasteiger partial charge in [-0.25, -0.2) is 0 Å². The molecule has 0 saturated heterocycles. The number of likely N-dealkylation sites (N-methyl/N-ethyl adjacent to an activating group) is 1. The standard InChI is InChI=1S/C13H20BrNO2/c1-13(2,8-15-3)9-6-11(16-4)12(17-5)7-10(9)14/h6-7,15H,8H2,1-5H3. The van der Waals surface area contributed by atoms with Crippen LogP contribution in [0.2, 0.25) is 0 Å². The zero-order chi connectivity index (χ0) is 13.1. The summed E-state index contributed by atoms with van der Waals surface area (Å²) in [7, 11) is 5.25. The quantitative estimate of drug-likeness (QED) is 0.907. The molecule has 0 saturated carbocycles. The number of ether oxygens (including phenoxy) is 2. The van der Waals surface area contributed by atoms with Crippen LogP contribution in [-0.4, -0.2) is 27.8 Å². The topological polar surface area (TPSA) is 30.5 Å². The van der Waals surface area contributed by atoms with Crippen LogP contribution < -0.4 is 14.8 Å². The van der Waals surface area contributed by atoms with Crippen LogP contribution in [0.25, 0.3) is 0 Å². The highest BCUT2D eigenvalue weighted by molar-refractivity contribution is 9.10. The lowest BCUT2D eigenvalue weighted by molar-refractivity contribution is 0.352. The van der Waals surface area contributed by atoms with Crippen LogP contribution in [0, 0.1) is 0 Å². The maximum absolute atomic E-state index is 5.34. The molecule has 0 unspecified atom stereocenters. The SMILES string of the molecule is CNCC(C)(C)c1cc(OC)c(OC)cc1Br. The molecule has 0 heterocycles. The minimum Gasteiger partial charge on any atom is -0.493 e. The van der Waals surface area contributed by atoms with Crippen molar-refractivity contribution in [3.8, 4) is 11.5 Å². The van der Waals surface area contributed by atoms with Gasteiger partial charge in [-0.3, -0.25) is 0 Å². The highest BCUT2D eigenvalue weighted by atomic mass is 79.9. The Kier molecular flexibility index (Phi) is 4.83. The third-order valence-corrected chi connectivity index (χ3v) is 3.48. The molecule has 0 amide bonds. The average Bonchev–Trinajstić information content (AvgIpc) is 2.28. The van der Waals surface area contributed by atoms with Crippen LogP contribution in [-0.2, 0) is 5.41 Å². The molecule has 96 valence electrons. The molecule has 0 bridgehead atoms. The van der Waals surface area contributed by atoms with Crippen molar-refractivity contribution in [2.75, 3.05) is 27.8 Å².